The van der Waals surface area contributed by atoms with E-state index in [0.29, 0.717) is 5.69 Å². The van der Waals surface area contributed by atoms with Crippen LogP contribution in [0.1, 0.15) is 20.8 Å². The van der Waals surface area contributed by atoms with Crippen LogP contribution < -0.4 is 15.4 Å². The summed E-state index contributed by atoms with van der Waals surface area (Å²) in [6.45, 7) is 3.60. The molecule has 0 aliphatic heterocycles. The summed E-state index contributed by atoms with van der Waals surface area (Å²) in [5, 5.41) is 5.35. The van der Waals surface area contributed by atoms with E-state index in [2.05, 4.69) is 10.6 Å². The number of carbonyl (C=O) groups is 3. The van der Waals surface area contributed by atoms with Gasteiger partial charge in [-0.25, -0.2) is 0 Å². The van der Waals surface area contributed by atoms with Crippen LogP contribution in [0.5, 0.6) is 5.75 Å². The Kier molecular flexibility index (Phi) is 5.28. The third-order valence-corrected chi connectivity index (χ3v) is 4.09. The number of ether oxygens (including phenoxy) is 1. The van der Waals surface area contributed by atoms with Gasteiger partial charge >= 0.3 is 5.97 Å². The predicted molar refractivity (Wildman–Crippen MR) is 93.7 cm³/mol. The molecular weight excluding hydrogens is 364 g/mol. The van der Waals surface area contributed by atoms with Crippen molar-refractivity contribution in [2.75, 3.05) is 10.6 Å². The molecule has 0 aliphatic carbocycles. The molecule has 0 unspecified atom stereocenters. The lowest BCUT2D eigenvalue weighted by Gasteiger charge is -2.16. The summed E-state index contributed by atoms with van der Waals surface area (Å²) >= 11 is 0. The number of nitrogens with one attached hydrogen (secondary N) is 2. The summed E-state index contributed by atoms with van der Waals surface area (Å²) in [4.78, 5) is 33.5. The zero-order chi connectivity index (χ0) is 19.6. The van der Waals surface area contributed by atoms with Crippen LogP contribution in [0.2, 0.25) is 0 Å². The maximum Gasteiger partial charge on any atom is 0.308 e. The highest BCUT2D eigenvalue weighted by Gasteiger charge is 2.23. The molecule has 26 heavy (non-hydrogen) atoms. The normalized spacial score (nSPS) is 11.1. The first-order valence-corrected chi connectivity index (χ1v) is 8.75. The lowest BCUT2D eigenvalue weighted by molar-refractivity contribution is -0.131. The molecule has 10 heteroatoms. The largest absolute Gasteiger partial charge is 0.426 e. The summed E-state index contributed by atoms with van der Waals surface area (Å²) in [5.41, 5.74) is 0.201. The van der Waals surface area contributed by atoms with Crippen LogP contribution in [0.25, 0.3) is 10.8 Å². The fraction of sp³-hybridized carbons (Fsp3) is 0.188. The second-order valence-corrected chi connectivity index (χ2v) is 6.83. The Morgan fingerprint density at radius 2 is 1.58 bits per heavy atom. The number of hydrogen-bond donors (Lipinski definition) is 3. The number of benzene rings is 2. The highest BCUT2D eigenvalue weighted by Crippen LogP contribution is 2.39. The van der Waals surface area contributed by atoms with Crippen molar-refractivity contribution in [3.63, 3.8) is 0 Å². The Bertz CT molecular complexity index is 1030. The molecule has 2 amide bonds. The number of fused-ring (bicyclic) bond motifs is 1. The van der Waals surface area contributed by atoms with Crippen LogP contribution in [0.15, 0.2) is 29.2 Å². The van der Waals surface area contributed by atoms with Gasteiger partial charge < -0.3 is 15.4 Å². The first kappa shape index (κ1) is 19.3. The quantitative estimate of drug-likeness (QED) is 0.418. The Morgan fingerprint density at radius 3 is 2.08 bits per heavy atom. The van der Waals surface area contributed by atoms with Crippen LogP contribution in [0.4, 0.5) is 11.4 Å². The van der Waals surface area contributed by atoms with E-state index in [0.717, 1.165) is 13.0 Å². The SMILES string of the molecule is CC(=O)Nc1ccc2c(NC(C)=O)c(S(=O)(=O)O)cc(OC(C)=O)c2c1. The summed E-state index contributed by atoms with van der Waals surface area (Å²) in [6.07, 6.45) is 0. The van der Waals surface area contributed by atoms with Gasteiger partial charge in [0.25, 0.3) is 10.1 Å². The van der Waals surface area contributed by atoms with E-state index in [1.807, 2.05) is 0 Å². The van der Waals surface area contributed by atoms with Crippen LogP contribution >= 0.6 is 0 Å². The number of esters is 1. The van der Waals surface area contributed by atoms with Gasteiger partial charge in [-0.05, 0) is 12.1 Å². The molecule has 0 spiro atoms. The molecule has 0 saturated carbocycles. The highest BCUT2D eigenvalue weighted by atomic mass is 32.2. The molecule has 0 radical (unpaired) electrons. The molecule has 0 aliphatic rings. The molecule has 2 aromatic carbocycles. The van der Waals surface area contributed by atoms with Crippen LogP contribution in [-0.2, 0) is 24.5 Å². The highest BCUT2D eigenvalue weighted by molar-refractivity contribution is 7.86. The minimum atomic E-state index is -4.73. The Morgan fingerprint density at radius 1 is 0.962 bits per heavy atom. The van der Waals surface area contributed by atoms with Crippen molar-refractivity contribution in [2.45, 2.75) is 25.7 Å². The molecule has 0 bridgehead atoms. The number of anilines is 2. The lowest BCUT2D eigenvalue weighted by atomic mass is 10.1. The Labute approximate surface area is 149 Å². The van der Waals surface area contributed by atoms with Gasteiger partial charge in [0.15, 0.2) is 0 Å². The van der Waals surface area contributed by atoms with E-state index in [4.69, 9.17) is 4.74 Å². The van der Waals surface area contributed by atoms with Gasteiger partial charge in [-0.2, -0.15) is 8.42 Å². The van der Waals surface area contributed by atoms with Crippen molar-refractivity contribution in [1.29, 1.82) is 0 Å². The van der Waals surface area contributed by atoms with Crippen LogP contribution in [0.3, 0.4) is 0 Å². The molecular formula is C16H16N2O7S. The lowest BCUT2D eigenvalue weighted by Crippen LogP contribution is -2.13. The molecule has 2 rings (SSSR count). The van der Waals surface area contributed by atoms with Crippen molar-refractivity contribution < 1.29 is 32.1 Å². The zero-order valence-corrected chi connectivity index (χ0v) is 14.9. The topological polar surface area (TPSA) is 139 Å². The molecule has 9 nitrogen and oxygen atoms in total. The van der Waals surface area contributed by atoms with Crippen molar-refractivity contribution in [3.05, 3.63) is 24.3 Å². The molecule has 2 aromatic rings. The first-order chi connectivity index (χ1) is 12.0. The predicted octanol–water partition coefficient (Wildman–Crippen LogP) is 1.93. The number of carbonyl (C=O) groups excluding carboxylic acids is 3. The van der Waals surface area contributed by atoms with Crippen LogP contribution in [0, 0.1) is 0 Å². The van der Waals surface area contributed by atoms with Gasteiger partial charge in [0.2, 0.25) is 11.8 Å². The van der Waals surface area contributed by atoms with E-state index in [1.165, 1.54) is 32.0 Å². The molecule has 138 valence electrons. The maximum atomic E-state index is 11.7. The molecule has 3 N–H and O–H groups in total. The number of rotatable bonds is 4. The van der Waals surface area contributed by atoms with Gasteiger partial charge in [0.05, 0.1) is 5.69 Å². The summed E-state index contributed by atoms with van der Waals surface area (Å²) < 4.78 is 38.0. The summed E-state index contributed by atoms with van der Waals surface area (Å²) in [6, 6.07) is 5.28. The average molecular weight is 380 g/mol. The van der Waals surface area contributed by atoms with E-state index in [-0.39, 0.29) is 28.1 Å². The smallest absolute Gasteiger partial charge is 0.308 e. The first-order valence-electron chi connectivity index (χ1n) is 7.31. The molecule has 0 fully saturated rings. The van der Waals surface area contributed by atoms with E-state index < -0.39 is 26.9 Å². The summed E-state index contributed by atoms with van der Waals surface area (Å²) in [5.74, 6) is -1.77. The van der Waals surface area contributed by atoms with E-state index in [1.54, 1.807) is 0 Å². The molecule has 0 heterocycles. The van der Waals surface area contributed by atoms with Gasteiger partial charge in [-0.1, -0.05) is 6.07 Å². The third-order valence-electron chi connectivity index (χ3n) is 3.22. The molecule has 0 saturated heterocycles. The van der Waals surface area contributed by atoms with Crippen molar-refractivity contribution in [1.82, 2.24) is 0 Å². The average Bonchev–Trinajstić information content (AvgIpc) is 2.46. The van der Waals surface area contributed by atoms with Crippen molar-refractivity contribution in [2.24, 2.45) is 0 Å². The van der Waals surface area contributed by atoms with Crippen molar-refractivity contribution >= 4 is 50.0 Å². The van der Waals surface area contributed by atoms with Gasteiger partial charge in [-0.3, -0.25) is 18.9 Å². The minimum absolute atomic E-state index is 0.151. The van der Waals surface area contributed by atoms with Gasteiger partial charge in [-0.15, -0.1) is 0 Å². The standard InChI is InChI=1S/C16H16N2O7S/c1-8(19)17-11-4-5-12-13(6-11)14(25-10(3)21)7-15(26(22,23)24)16(12)18-9(2)20/h4-7H,1-3H3,(H,17,19)(H,18,20)(H,22,23,24). The van der Waals surface area contributed by atoms with E-state index in [9.17, 15) is 27.4 Å². The van der Waals surface area contributed by atoms with Gasteiger partial charge in [0, 0.05) is 43.3 Å². The summed E-state index contributed by atoms with van der Waals surface area (Å²) in [7, 11) is -4.73. The molecule has 0 atom stereocenters. The number of hydrogen-bond acceptors (Lipinski definition) is 6. The third kappa shape index (κ3) is 4.35. The maximum absolute atomic E-state index is 11.7. The second-order valence-electron chi connectivity index (χ2n) is 5.44. The second kappa shape index (κ2) is 7.10. The molecule has 0 aromatic heterocycles. The Balaban J connectivity index is 2.90. The number of amides is 2. The van der Waals surface area contributed by atoms with Crippen molar-refractivity contribution in [3.8, 4) is 5.75 Å². The van der Waals surface area contributed by atoms with Crippen LogP contribution in [-0.4, -0.2) is 30.8 Å². The Hall–Kier alpha value is -2.98. The fourth-order valence-corrected chi connectivity index (χ4v) is 3.07. The minimum Gasteiger partial charge on any atom is -0.426 e. The van der Waals surface area contributed by atoms with E-state index >= 15 is 0 Å². The monoisotopic (exact) mass is 380 g/mol. The van der Waals surface area contributed by atoms with Gasteiger partial charge in [0.1, 0.15) is 10.6 Å². The fourth-order valence-electron chi connectivity index (χ4n) is 2.40. The zero-order valence-electron chi connectivity index (χ0n) is 14.1.